The summed E-state index contributed by atoms with van der Waals surface area (Å²) in [6.45, 7) is 1.77. The number of carbonyl (C=O) groups is 2. The molecule has 0 aromatic heterocycles. The highest BCUT2D eigenvalue weighted by atomic mass is 79.9. The molecule has 1 saturated carbocycles. The smallest absolute Gasteiger partial charge is 0.223 e. The minimum atomic E-state index is -0.0510. The summed E-state index contributed by atoms with van der Waals surface area (Å²) in [5, 5.41) is 2.89. The third-order valence-corrected chi connectivity index (χ3v) is 3.35. The number of amides is 1. The van der Waals surface area contributed by atoms with Crippen LogP contribution in [0.15, 0.2) is 22.7 Å². The highest BCUT2D eigenvalue weighted by molar-refractivity contribution is 9.10. The van der Waals surface area contributed by atoms with Gasteiger partial charge in [-0.15, -0.1) is 0 Å². The van der Waals surface area contributed by atoms with Gasteiger partial charge in [-0.2, -0.15) is 0 Å². The SMILES string of the molecule is CC(=O)c1ccc(Br)cc1OCCC(=O)NC1CC1. The number of hydrogen-bond donors (Lipinski definition) is 1. The van der Waals surface area contributed by atoms with Crippen LogP contribution >= 0.6 is 15.9 Å². The lowest BCUT2D eigenvalue weighted by molar-refractivity contribution is -0.121. The zero-order chi connectivity index (χ0) is 13.8. The molecule has 2 rings (SSSR count). The summed E-state index contributed by atoms with van der Waals surface area (Å²) in [6, 6.07) is 5.62. The largest absolute Gasteiger partial charge is 0.492 e. The number of Topliss-reactive ketones (excluding diaryl/α,β-unsaturated/α-hetero) is 1. The minimum absolute atomic E-state index is 0.00173. The van der Waals surface area contributed by atoms with E-state index in [2.05, 4.69) is 21.2 Å². The van der Waals surface area contributed by atoms with Crippen molar-refractivity contribution in [3.8, 4) is 5.75 Å². The van der Waals surface area contributed by atoms with E-state index in [1.807, 2.05) is 0 Å². The van der Waals surface area contributed by atoms with Crippen LogP contribution in [0.5, 0.6) is 5.75 Å². The van der Waals surface area contributed by atoms with Crippen molar-refractivity contribution in [2.75, 3.05) is 6.61 Å². The molecule has 102 valence electrons. The number of rotatable bonds is 6. The second-order valence-corrected chi connectivity index (χ2v) is 5.55. The molecule has 0 bridgehead atoms. The monoisotopic (exact) mass is 325 g/mol. The number of halogens is 1. The van der Waals surface area contributed by atoms with Gasteiger partial charge in [-0.25, -0.2) is 0 Å². The van der Waals surface area contributed by atoms with Crippen molar-refractivity contribution in [1.82, 2.24) is 5.32 Å². The zero-order valence-electron chi connectivity index (χ0n) is 10.7. The van der Waals surface area contributed by atoms with Crippen LogP contribution in [0.3, 0.4) is 0 Å². The molecule has 1 aromatic carbocycles. The second-order valence-electron chi connectivity index (χ2n) is 4.64. The first kappa shape index (κ1) is 14.1. The van der Waals surface area contributed by atoms with E-state index < -0.39 is 0 Å². The van der Waals surface area contributed by atoms with Crippen molar-refractivity contribution in [1.29, 1.82) is 0 Å². The van der Waals surface area contributed by atoms with E-state index in [9.17, 15) is 9.59 Å². The highest BCUT2D eigenvalue weighted by Crippen LogP contribution is 2.24. The van der Waals surface area contributed by atoms with Gasteiger partial charge in [0.2, 0.25) is 5.91 Å². The third kappa shape index (κ3) is 4.35. The van der Waals surface area contributed by atoms with Gasteiger partial charge in [-0.1, -0.05) is 15.9 Å². The molecule has 0 heterocycles. The Hall–Kier alpha value is -1.36. The maximum atomic E-state index is 11.5. The Labute approximate surface area is 120 Å². The summed E-state index contributed by atoms with van der Waals surface area (Å²) in [7, 11) is 0. The van der Waals surface area contributed by atoms with E-state index in [0.29, 0.717) is 23.8 Å². The number of nitrogens with one attached hydrogen (secondary N) is 1. The predicted octanol–water partition coefficient (Wildman–Crippen LogP) is 2.70. The van der Waals surface area contributed by atoms with Gasteiger partial charge in [0.25, 0.3) is 0 Å². The third-order valence-electron chi connectivity index (χ3n) is 2.85. The molecule has 0 radical (unpaired) electrons. The summed E-state index contributed by atoms with van der Waals surface area (Å²) in [4.78, 5) is 23.0. The molecular formula is C14H16BrNO3. The lowest BCUT2D eigenvalue weighted by atomic mass is 10.1. The Kier molecular flexibility index (Phi) is 4.58. The van der Waals surface area contributed by atoms with Gasteiger partial charge < -0.3 is 10.1 Å². The molecule has 0 atom stereocenters. The molecule has 19 heavy (non-hydrogen) atoms. The van der Waals surface area contributed by atoms with Crippen LogP contribution in [0, 0.1) is 0 Å². The van der Waals surface area contributed by atoms with Crippen molar-refractivity contribution in [3.63, 3.8) is 0 Å². The fourth-order valence-corrected chi connectivity index (χ4v) is 2.03. The number of hydrogen-bond acceptors (Lipinski definition) is 3. The van der Waals surface area contributed by atoms with E-state index in [0.717, 1.165) is 17.3 Å². The summed E-state index contributed by atoms with van der Waals surface area (Å²) in [5.74, 6) is 0.466. The summed E-state index contributed by atoms with van der Waals surface area (Å²) >= 11 is 3.34. The minimum Gasteiger partial charge on any atom is -0.492 e. The van der Waals surface area contributed by atoms with E-state index in [-0.39, 0.29) is 18.3 Å². The molecular weight excluding hydrogens is 310 g/mol. The Balaban J connectivity index is 1.88. The van der Waals surface area contributed by atoms with Gasteiger partial charge in [0.15, 0.2) is 5.78 Å². The second kappa shape index (κ2) is 6.19. The van der Waals surface area contributed by atoms with Crippen molar-refractivity contribution in [2.45, 2.75) is 32.2 Å². The molecule has 1 amide bonds. The van der Waals surface area contributed by atoms with E-state index in [1.165, 1.54) is 6.92 Å². The van der Waals surface area contributed by atoms with Crippen molar-refractivity contribution in [2.24, 2.45) is 0 Å². The van der Waals surface area contributed by atoms with Gasteiger partial charge in [0, 0.05) is 10.5 Å². The van der Waals surface area contributed by atoms with Crippen molar-refractivity contribution in [3.05, 3.63) is 28.2 Å². The fourth-order valence-electron chi connectivity index (χ4n) is 1.69. The Morgan fingerprint density at radius 3 is 2.79 bits per heavy atom. The lowest BCUT2D eigenvalue weighted by Crippen LogP contribution is -2.26. The topological polar surface area (TPSA) is 55.4 Å². The first-order valence-electron chi connectivity index (χ1n) is 6.29. The molecule has 1 fully saturated rings. The van der Waals surface area contributed by atoms with Crippen molar-refractivity contribution >= 4 is 27.6 Å². The van der Waals surface area contributed by atoms with Crippen LogP contribution < -0.4 is 10.1 Å². The Bertz CT molecular complexity index is 497. The molecule has 0 spiro atoms. The molecule has 1 aliphatic carbocycles. The molecule has 5 heteroatoms. The van der Waals surface area contributed by atoms with Gasteiger partial charge in [-0.3, -0.25) is 9.59 Å². The van der Waals surface area contributed by atoms with Crippen LogP contribution in [0.1, 0.15) is 36.5 Å². The molecule has 0 aliphatic heterocycles. The summed E-state index contributed by atoms with van der Waals surface area (Å²) in [6.07, 6.45) is 2.46. The van der Waals surface area contributed by atoms with Crippen LogP contribution in [-0.4, -0.2) is 24.3 Å². The maximum Gasteiger partial charge on any atom is 0.223 e. The Morgan fingerprint density at radius 2 is 2.16 bits per heavy atom. The van der Waals surface area contributed by atoms with Gasteiger partial charge >= 0.3 is 0 Å². The maximum absolute atomic E-state index is 11.5. The molecule has 1 aliphatic rings. The van der Waals surface area contributed by atoms with Crippen LogP contribution in [0.2, 0.25) is 0 Å². The lowest BCUT2D eigenvalue weighted by Gasteiger charge is -2.10. The highest BCUT2D eigenvalue weighted by Gasteiger charge is 2.22. The quantitative estimate of drug-likeness (QED) is 0.818. The normalized spacial score (nSPS) is 14.0. The molecule has 1 aromatic rings. The molecule has 0 saturated heterocycles. The van der Waals surface area contributed by atoms with Gasteiger partial charge in [0.05, 0.1) is 18.6 Å². The first-order valence-corrected chi connectivity index (χ1v) is 7.08. The van der Waals surface area contributed by atoms with Crippen LogP contribution in [0.4, 0.5) is 0 Å². The van der Waals surface area contributed by atoms with E-state index in [4.69, 9.17) is 4.74 Å². The van der Waals surface area contributed by atoms with E-state index >= 15 is 0 Å². The Morgan fingerprint density at radius 1 is 1.42 bits per heavy atom. The zero-order valence-corrected chi connectivity index (χ0v) is 12.3. The standard InChI is InChI=1S/C14H16BrNO3/c1-9(17)12-5-2-10(15)8-13(12)19-7-6-14(18)16-11-3-4-11/h2,5,8,11H,3-4,6-7H2,1H3,(H,16,18). The van der Waals surface area contributed by atoms with Crippen molar-refractivity contribution < 1.29 is 14.3 Å². The van der Waals surface area contributed by atoms with Crippen LogP contribution in [-0.2, 0) is 4.79 Å². The van der Waals surface area contributed by atoms with Gasteiger partial charge in [-0.05, 0) is 38.0 Å². The summed E-state index contributed by atoms with van der Waals surface area (Å²) in [5.41, 5.74) is 0.533. The molecule has 0 unspecified atom stereocenters. The molecule has 1 N–H and O–H groups in total. The summed E-state index contributed by atoms with van der Waals surface area (Å²) < 4.78 is 6.38. The number of benzene rings is 1. The number of ether oxygens (including phenoxy) is 1. The fraction of sp³-hybridized carbons (Fsp3) is 0.429. The molecule has 4 nitrogen and oxygen atoms in total. The predicted molar refractivity (Wildman–Crippen MR) is 75.4 cm³/mol. The van der Waals surface area contributed by atoms with Crippen LogP contribution in [0.25, 0.3) is 0 Å². The van der Waals surface area contributed by atoms with E-state index in [1.54, 1.807) is 18.2 Å². The average Bonchev–Trinajstić information content (AvgIpc) is 3.12. The van der Waals surface area contributed by atoms with Gasteiger partial charge in [0.1, 0.15) is 5.75 Å². The number of carbonyl (C=O) groups excluding carboxylic acids is 2. The number of ketones is 1. The first-order chi connectivity index (χ1) is 9.06. The average molecular weight is 326 g/mol.